The van der Waals surface area contributed by atoms with Gasteiger partial charge in [0.15, 0.2) is 6.04 Å². The van der Waals surface area contributed by atoms with Gasteiger partial charge in [-0.25, -0.2) is 0 Å². The molecule has 21 heavy (non-hydrogen) atoms. The number of ether oxygens (including phenoxy) is 1. The summed E-state index contributed by atoms with van der Waals surface area (Å²) in [6.07, 6.45) is 2.49. The number of carbonyl (C=O) groups excluding carboxylic acids is 1. The van der Waals surface area contributed by atoms with Crippen molar-refractivity contribution in [3.63, 3.8) is 0 Å². The van der Waals surface area contributed by atoms with Crippen molar-refractivity contribution in [2.24, 2.45) is 5.92 Å². The minimum absolute atomic E-state index is 0.0297. The highest BCUT2D eigenvalue weighted by Gasteiger charge is 2.29. The first-order chi connectivity index (χ1) is 10.0. The second kappa shape index (κ2) is 6.94. The number of hydrogen-bond acceptors (Lipinski definition) is 2. The van der Waals surface area contributed by atoms with Gasteiger partial charge in [-0.05, 0) is 44.4 Å². The fourth-order valence-corrected chi connectivity index (χ4v) is 3.07. The Kier molecular flexibility index (Phi) is 5.23. The Morgan fingerprint density at radius 2 is 2.24 bits per heavy atom. The quantitative estimate of drug-likeness (QED) is 0.886. The van der Waals surface area contributed by atoms with Crippen molar-refractivity contribution in [1.82, 2.24) is 0 Å². The number of carbonyl (C=O) groups is 1. The van der Waals surface area contributed by atoms with Gasteiger partial charge in [0, 0.05) is 5.92 Å². The SMILES string of the molecule is COc1ccc(C)cc1NC(=O)[C@H](C)[NH+]1CCC[C@H](C)C1. The number of benzene rings is 1. The number of amides is 1. The van der Waals surface area contributed by atoms with Crippen molar-refractivity contribution in [3.05, 3.63) is 23.8 Å². The van der Waals surface area contributed by atoms with E-state index in [0.29, 0.717) is 11.7 Å². The van der Waals surface area contributed by atoms with Crippen molar-refractivity contribution in [1.29, 1.82) is 0 Å². The minimum atomic E-state index is -0.0297. The number of anilines is 1. The van der Waals surface area contributed by atoms with Crippen LogP contribution in [0, 0.1) is 12.8 Å². The monoisotopic (exact) mass is 291 g/mol. The number of quaternary nitrogens is 1. The Morgan fingerprint density at radius 1 is 1.48 bits per heavy atom. The Hall–Kier alpha value is -1.55. The summed E-state index contributed by atoms with van der Waals surface area (Å²) in [4.78, 5) is 13.9. The fourth-order valence-electron chi connectivity index (χ4n) is 3.07. The maximum absolute atomic E-state index is 12.5. The summed E-state index contributed by atoms with van der Waals surface area (Å²) in [5.74, 6) is 1.49. The van der Waals surface area contributed by atoms with E-state index < -0.39 is 0 Å². The molecule has 1 amide bonds. The molecule has 116 valence electrons. The highest BCUT2D eigenvalue weighted by molar-refractivity contribution is 5.95. The second-order valence-corrected chi connectivity index (χ2v) is 6.27. The van der Waals surface area contributed by atoms with Crippen molar-refractivity contribution in [2.45, 2.75) is 39.7 Å². The summed E-state index contributed by atoms with van der Waals surface area (Å²) in [6, 6.07) is 5.80. The molecule has 4 nitrogen and oxygen atoms in total. The predicted molar refractivity (Wildman–Crippen MR) is 84.9 cm³/mol. The number of piperidine rings is 1. The molecule has 3 atom stereocenters. The molecule has 1 aromatic carbocycles. The summed E-state index contributed by atoms with van der Waals surface area (Å²) in [6.45, 7) is 8.47. The predicted octanol–water partition coefficient (Wildman–Crippen LogP) is 1.65. The maximum Gasteiger partial charge on any atom is 0.282 e. The van der Waals surface area contributed by atoms with E-state index in [1.165, 1.54) is 17.7 Å². The van der Waals surface area contributed by atoms with Crippen LogP contribution in [0.1, 0.15) is 32.3 Å². The van der Waals surface area contributed by atoms with Crippen LogP contribution in [0.2, 0.25) is 0 Å². The van der Waals surface area contributed by atoms with Gasteiger partial charge in [0.2, 0.25) is 0 Å². The van der Waals surface area contributed by atoms with E-state index in [9.17, 15) is 4.79 Å². The third-order valence-electron chi connectivity index (χ3n) is 4.42. The third-order valence-corrected chi connectivity index (χ3v) is 4.42. The third kappa shape index (κ3) is 3.97. The number of methoxy groups -OCH3 is 1. The maximum atomic E-state index is 12.5. The van der Waals surface area contributed by atoms with Crippen LogP contribution < -0.4 is 15.0 Å². The summed E-state index contributed by atoms with van der Waals surface area (Å²) >= 11 is 0. The van der Waals surface area contributed by atoms with E-state index in [4.69, 9.17) is 4.74 Å². The smallest absolute Gasteiger partial charge is 0.282 e. The molecule has 0 saturated carbocycles. The van der Waals surface area contributed by atoms with E-state index in [2.05, 4.69) is 12.2 Å². The number of nitrogens with one attached hydrogen (secondary N) is 2. The lowest BCUT2D eigenvalue weighted by molar-refractivity contribution is -0.922. The molecule has 2 rings (SSSR count). The number of rotatable bonds is 4. The zero-order valence-corrected chi connectivity index (χ0v) is 13.5. The lowest BCUT2D eigenvalue weighted by Gasteiger charge is -2.31. The van der Waals surface area contributed by atoms with Gasteiger partial charge in [-0.15, -0.1) is 0 Å². The lowest BCUT2D eigenvalue weighted by Crippen LogP contribution is -3.17. The molecule has 0 bridgehead atoms. The van der Waals surface area contributed by atoms with Gasteiger partial charge in [-0.1, -0.05) is 13.0 Å². The zero-order chi connectivity index (χ0) is 15.4. The average Bonchev–Trinajstić information content (AvgIpc) is 2.46. The first-order valence-corrected chi connectivity index (χ1v) is 7.81. The topological polar surface area (TPSA) is 42.8 Å². The Morgan fingerprint density at radius 3 is 2.90 bits per heavy atom. The van der Waals surface area contributed by atoms with Crippen LogP contribution in [0.3, 0.4) is 0 Å². The van der Waals surface area contributed by atoms with E-state index in [-0.39, 0.29) is 11.9 Å². The van der Waals surface area contributed by atoms with Gasteiger partial charge >= 0.3 is 0 Å². The van der Waals surface area contributed by atoms with Gasteiger partial charge in [-0.3, -0.25) is 4.79 Å². The Bertz CT molecular complexity index is 502. The van der Waals surface area contributed by atoms with Crippen LogP contribution >= 0.6 is 0 Å². The summed E-state index contributed by atoms with van der Waals surface area (Å²) < 4.78 is 5.32. The minimum Gasteiger partial charge on any atom is -0.495 e. The van der Waals surface area contributed by atoms with E-state index in [0.717, 1.165) is 24.3 Å². The van der Waals surface area contributed by atoms with Crippen molar-refractivity contribution < 1.29 is 14.4 Å². The van der Waals surface area contributed by atoms with Crippen LogP contribution in [0.15, 0.2) is 18.2 Å². The van der Waals surface area contributed by atoms with Crippen LogP contribution in [0.5, 0.6) is 5.75 Å². The zero-order valence-electron chi connectivity index (χ0n) is 13.5. The molecule has 1 aromatic rings. The van der Waals surface area contributed by atoms with Gasteiger partial charge < -0.3 is 15.0 Å². The van der Waals surface area contributed by atoms with Crippen LogP contribution in [0.25, 0.3) is 0 Å². The highest BCUT2D eigenvalue weighted by Crippen LogP contribution is 2.25. The molecular weight excluding hydrogens is 264 g/mol. The molecule has 1 aliphatic heterocycles. The molecule has 4 heteroatoms. The highest BCUT2D eigenvalue weighted by atomic mass is 16.5. The molecule has 0 aromatic heterocycles. The van der Waals surface area contributed by atoms with Gasteiger partial charge in [-0.2, -0.15) is 0 Å². The molecular formula is C17H27N2O2+. The number of hydrogen-bond donors (Lipinski definition) is 2. The van der Waals surface area contributed by atoms with E-state index >= 15 is 0 Å². The van der Waals surface area contributed by atoms with E-state index in [1.54, 1.807) is 7.11 Å². The molecule has 0 radical (unpaired) electrons. The molecule has 1 fully saturated rings. The molecule has 0 spiro atoms. The summed E-state index contributed by atoms with van der Waals surface area (Å²) in [5, 5.41) is 3.03. The fraction of sp³-hybridized carbons (Fsp3) is 0.588. The van der Waals surface area contributed by atoms with Crippen molar-refractivity contribution in [2.75, 3.05) is 25.5 Å². The molecule has 0 aliphatic carbocycles. The lowest BCUT2D eigenvalue weighted by atomic mass is 9.99. The summed E-state index contributed by atoms with van der Waals surface area (Å²) in [7, 11) is 1.63. The second-order valence-electron chi connectivity index (χ2n) is 6.27. The van der Waals surface area contributed by atoms with Gasteiger partial charge in [0.1, 0.15) is 5.75 Å². The standard InChI is InChI=1S/C17H26N2O2/c1-12-7-8-16(21-4)15(10-12)18-17(20)14(3)19-9-5-6-13(2)11-19/h7-8,10,13-14H,5-6,9,11H2,1-4H3,(H,18,20)/p+1/t13-,14-/m0/s1. The van der Waals surface area contributed by atoms with E-state index in [1.807, 2.05) is 32.0 Å². The first-order valence-electron chi connectivity index (χ1n) is 7.81. The molecule has 1 unspecified atom stereocenters. The number of aryl methyl sites for hydroxylation is 1. The molecule has 1 heterocycles. The average molecular weight is 291 g/mol. The Balaban J connectivity index is 2.05. The van der Waals surface area contributed by atoms with Crippen LogP contribution in [0.4, 0.5) is 5.69 Å². The number of likely N-dealkylation sites (tertiary alicyclic amines) is 1. The molecule has 1 saturated heterocycles. The Labute approximate surface area is 127 Å². The van der Waals surface area contributed by atoms with Crippen molar-refractivity contribution >= 4 is 11.6 Å². The molecule has 2 N–H and O–H groups in total. The largest absolute Gasteiger partial charge is 0.495 e. The normalized spacial score (nSPS) is 23.4. The van der Waals surface area contributed by atoms with Crippen molar-refractivity contribution in [3.8, 4) is 5.75 Å². The van der Waals surface area contributed by atoms with Crippen LogP contribution in [-0.4, -0.2) is 32.1 Å². The van der Waals surface area contributed by atoms with Gasteiger partial charge in [0.25, 0.3) is 5.91 Å². The van der Waals surface area contributed by atoms with Crippen LogP contribution in [-0.2, 0) is 4.79 Å². The van der Waals surface area contributed by atoms with Gasteiger partial charge in [0.05, 0.1) is 25.9 Å². The molecule has 1 aliphatic rings. The summed E-state index contributed by atoms with van der Waals surface area (Å²) in [5.41, 5.74) is 1.87. The first kappa shape index (κ1) is 15.8.